The molecule has 0 amide bonds. The van der Waals surface area contributed by atoms with Crippen LogP contribution in [0.4, 0.5) is 0 Å². The molecule has 87 valence electrons. The van der Waals surface area contributed by atoms with Crippen molar-refractivity contribution in [1.29, 1.82) is 0 Å². The van der Waals surface area contributed by atoms with Gasteiger partial charge < -0.3 is 5.32 Å². The molecule has 0 fully saturated rings. The van der Waals surface area contributed by atoms with Crippen LogP contribution in [0.15, 0.2) is 23.8 Å². The lowest BCUT2D eigenvalue weighted by Gasteiger charge is -2.31. The standard InChI is InChI=1S/C13H26NSi/c1-10(2)9-11(3)12(15(7)8)14-13(4,5)6/h9,12,14H,1H2,2-8H3. The maximum absolute atomic E-state index is 3.94. The van der Waals surface area contributed by atoms with Crippen LogP contribution in [0, 0.1) is 0 Å². The van der Waals surface area contributed by atoms with Gasteiger partial charge in [0, 0.05) is 11.2 Å². The van der Waals surface area contributed by atoms with E-state index in [1.54, 1.807) is 0 Å². The molecular weight excluding hydrogens is 198 g/mol. The first-order valence-corrected chi connectivity index (χ1v) is 8.12. The molecule has 0 aliphatic carbocycles. The third-order valence-corrected chi connectivity index (χ3v) is 3.84. The molecule has 0 aromatic carbocycles. The van der Waals surface area contributed by atoms with Crippen molar-refractivity contribution in [2.24, 2.45) is 0 Å². The minimum Gasteiger partial charge on any atom is -0.308 e. The Labute approximate surface area is 97.3 Å². The van der Waals surface area contributed by atoms with Gasteiger partial charge in [-0.25, -0.2) is 0 Å². The zero-order chi connectivity index (χ0) is 12.2. The van der Waals surface area contributed by atoms with E-state index in [-0.39, 0.29) is 14.3 Å². The third kappa shape index (κ3) is 6.69. The van der Waals surface area contributed by atoms with E-state index in [2.05, 4.69) is 65.7 Å². The first kappa shape index (κ1) is 14.7. The van der Waals surface area contributed by atoms with E-state index < -0.39 is 0 Å². The molecule has 2 heteroatoms. The van der Waals surface area contributed by atoms with Crippen LogP contribution in [0.2, 0.25) is 13.1 Å². The summed E-state index contributed by atoms with van der Waals surface area (Å²) in [4.78, 5) is 0. The van der Waals surface area contributed by atoms with E-state index in [1.165, 1.54) is 5.57 Å². The summed E-state index contributed by atoms with van der Waals surface area (Å²) >= 11 is 0. The van der Waals surface area contributed by atoms with Gasteiger partial charge in [-0.05, 0) is 34.6 Å². The van der Waals surface area contributed by atoms with Crippen molar-refractivity contribution in [2.45, 2.75) is 58.9 Å². The number of hydrogen-bond donors (Lipinski definition) is 1. The summed E-state index contributed by atoms with van der Waals surface area (Å²) in [5.41, 5.74) is 3.26. The Bertz CT molecular complexity index is 246. The van der Waals surface area contributed by atoms with Crippen LogP contribution in [-0.4, -0.2) is 20.0 Å². The zero-order valence-corrected chi connectivity index (χ0v) is 12.4. The Morgan fingerprint density at radius 1 is 1.27 bits per heavy atom. The lowest BCUT2D eigenvalue weighted by molar-refractivity contribution is 0.423. The third-order valence-electron chi connectivity index (χ3n) is 2.08. The Morgan fingerprint density at radius 2 is 1.73 bits per heavy atom. The van der Waals surface area contributed by atoms with Gasteiger partial charge in [-0.15, -0.1) is 0 Å². The van der Waals surface area contributed by atoms with Crippen LogP contribution >= 0.6 is 0 Å². The fraction of sp³-hybridized carbons (Fsp3) is 0.692. The van der Waals surface area contributed by atoms with Crippen molar-refractivity contribution in [3.8, 4) is 0 Å². The summed E-state index contributed by atoms with van der Waals surface area (Å²) in [6, 6.07) is 0. The van der Waals surface area contributed by atoms with E-state index in [9.17, 15) is 0 Å². The predicted octanol–water partition coefficient (Wildman–Crippen LogP) is 3.56. The van der Waals surface area contributed by atoms with Crippen molar-refractivity contribution >= 4 is 8.80 Å². The molecule has 0 aromatic heterocycles. The maximum atomic E-state index is 3.94. The van der Waals surface area contributed by atoms with Crippen LogP contribution in [0.1, 0.15) is 34.6 Å². The van der Waals surface area contributed by atoms with Crippen molar-refractivity contribution in [2.75, 3.05) is 0 Å². The number of nitrogens with one attached hydrogen (secondary N) is 1. The molecule has 1 atom stereocenters. The zero-order valence-electron chi connectivity index (χ0n) is 11.4. The summed E-state index contributed by atoms with van der Waals surface area (Å²) < 4.78 is 0. The summed E-state index contributed by atoms with van der Waals surface area (Å²) in [7, 11) is -0.371. The second kappa shape index (κ2) is 5.66. The molecule has 0 aromatic rings. The monoisotopic (exact) mass is 224 g/mol. The molecule has 0 rings (SSSR count). The average Bonchev–Trinajstić information content (AvgIpc) is 1.96. The second-order valence-electron chi connectivity index (χ2n) is 5.64. The van der Waals surface area contributed by atoms with E-state index >= 15 is 0 Å². The van der Waals surface area contributed by atoms with Crippen molar-refractivity contribution in [1.82, 2.24) is 5.32 Å². The highest BCUT2D eigenvalue weighted by atomic mass is 28.3. The fourth-order valence-electron chi connectivity index (χ4n) is 1.62. The summed E-state index contributed by atoms with van der Waals surface area (Å²) in [5.74, 6) is 0. The summed E-state index contributed by atoms with van der Waals surface area (Å²) in [6.07, 6.45) is 2.20. The molecule has 1 nitrogen and oxygen atoms in total. The van der Waals surface area contributed by atoms with Gasteiger partial charge in [0.25, 0.3) is 0 Å². The predicted molar refractivity (Wildman–Crippen MR) is 72.7 cm³/mol. The van der Waals surface area contributed by atoms with Gasteiger partial charge in [0.15, 0.2) is 0 Å². The lowest BCUT2D eigenvalue weighted by atomic mass is 10.1. The smallest absolute Gasteiger partial charge is 0.0678 e. The molecule has 0 bridgehead atoms. The average molecular weight is 224 g/mol. The topological polar surface area (TPSA) is 12.0 Å². The van der Waals surface area contributed by atoms with Crippen molar-refractivity contribution in [3.63, 3.8) is 0 Å². The van der Waals surface area contributed by atoms with Crippen LogP contribution in [0.25, 0.3) is 0 Å². The van der Waals surface area contributed by atoms with Crippen LogP contribution < -0.4 is 5.32 Å². The second-order valence-corrected chi connectivity index (χ2v) is 8.37. The highest BCUT2D eigenvalue weighted by molar-refractivity contribution is 6.58. The van der Waals surface area contributed by atoms with Gasteiger partial charge >= 0.3 is 0 Å². The SMILES string of the molecule is C=C(C)C=C(C)C(NC(C)(C)C)[Si](C)C. The van der Waals surface area contributed by atoms with Gasteiger partial charge in [0.1, 0.15) is 0 Å². The highest BCUT2D eigenvalue weighted by Crippen LogP contribution is 2.12. The van der Waals surface area contributed by atoms with Gasteiger partial charge in [-0.3, -0.25) is 0 Å². The molecule has 0 spiro atoms. The molecule has 0 saturated carbocycles. The van der Waals surface area contributed by atoms with E-state index in [0.29, 0.717) is 5.67 Å². The lowest BCUT2D eigenvalue weighted by Crippen LogP contribution is -2.50. The Balaban J connectivity index is 4.75. The fourth-order valence-corrected chi connectivity index (χ4v) is 3.33. The number of allylic oxidation sites excluding steroid dienone is 2. The van der Waals surface area contributed by atoms with Crippen LogP contribution in [0.3, 0.4) is 0 Å². The number of hydrogen-bond acceptors (Lipinski definition) is 1. The molecule has 1 N–H and O–H groups in total. The van der Waals surface area contributed by atoms with Crippen LogP contribution in [0.5, 0.6) is 0 Å². The van der Waals surface area contributed by atoms with Gasteiger partial charge in [-0.2, -0.15) is 0 Å². The summed E-state index contributed by atoms with van der Waals surface area (Å²) in [6.45, 7) is 19.6. The van der Waals surface area contributed by atoms with Crippen molar-refractivity contribution < 1.29 is 0 Å². The highest BCUT2D eigenvalue weighted by Gasteiger charge is 2.21. The normalized spacial score (nSPS) is 15.6. The first-order valence-electron chi connectivity index (χ1n) is 5.55. The summed E-state index contributed by atoms with van der Waals surface area (Å²) in [5, 5.41) is 3.70. The molecule has 0 aliphatic heterocycles. The van der Waals surface area contributed by atoms with E-state index in [0.717, 1.165) is 5.57 Å². The largest absolute Gasteiger partial charge is 0.308 e. The molecule has 1 unspecified atom stereocenters. The minimum absolute atomic E-state index is 0.177. The molecule has 1 radical (unpaired) electrons. The van der Waals surface area contributed by atoms with Crippen molar-refractivity contribution in [3.05, 3.63) is 23.8 Å². The maximum Gasteiger partial charge on any atom is 0.0678 e. The first-order chi connectivity index (χ1) is 6.63. The Morgan fingerprint density at radius 3 is 2.00 bits per heavy atom. The Hall–Kier alpha value is -0.343. The minimum atomic E-state index is -0.371. The quantitative estimate of drug-likeness (QED) is 0.569. The Kier molecular flexibility index (Phi) is 5.53. The molecule has 0 saturated heterocycles. The van der Waals surface area contributed by atoms with Gasteiger partial charge in [-0.1, -0.05) is 36.9 Å². The molecule has 0 aliphatic rings. The number of rotatable bonds is 4. The van der Waals surface area contributed by atoms with E-state index in [4.69, 9.17) is 0 Å². The van der Waals surface area contributed by atoms with Gasteiger partial charge in [0.05, 0.1) is 8.80 Å². The van der Waals surface area contributed by atoms with E-state index in [1.807, 2.05) is 0 Å². The molecular formula is C13H26NSi. The van der Waals surface area contributed by atoms with Gasteiger partial charge in [0.2, 0.25) is 0 Å². The molecule has 15 heavy (non-hydrogen) atoms. The molecule has 0 heterocycles. The van der Waals surface area contributed by atoms with Crippen LogP contribution in [-0.2, 0) is 0 Å².